The molecule has 1 aromatic carbocycles. The zero-order valence-corrected chi connectivity index (χ0v) is 13.0. The molecule has 23 heavy (non-hydrogen) atoms. The molecule has 1 N–H and O–H groups in total. The van der Waals surface area contributed by atoms with Crippen LogP contribution < -0.4 is 14.4 Å². The summed E-state index contributed by atoms with van der Waals surface area (Å²) in [5, 5.41) is 10.1. The first kappa shape index (κ1) is 14.3. The van der Waals surface area contributed by atoms with E-state index in [1.807, 2.05) is 18.2 Å². The van der Waals surface area contributed by atoms with Crippen LogP contribution in [-0.2, 0) is 0 Å². The minimum atomic E-state index is -0.323. The average Bonchev–Trinajstić information content (AvgIpc) is 3.02. The monoisotopic (exact) mass is 313 g/mol. The van der Waals surface area contributed by atoms with Gasteiger partial charge in [-0.25, -0.2) is 9.97 Å². The minimum absolute atomic E-state index is 0.0745. The van der Waals surface area contributed by atoms with E-state index in [9.17, 15) is 5.11 Å². The maximum absolute atomic E-state index is 10.1. The van der Waals surface area contributed by atoms with Crippen LogP contribution in [0.15, 0.2) is 36.7 Å². The molecule has 6 heteroatoms. The van der Waals surface area contributed by atoms with Gasteiger partial charge in [0.15, 0.2) is 5.82 Å². The van der Waals surface area contributed by atoms with Gasteiger partial charge in [0.2, 0.25) is 0 Å². The molecule has 0 saturated carbocycles. The SMILES string of the molecule is COc1nccnc1N1C[C@@H]2c3ccccc3OC[C@]2(CO)C1. The molecule has 1 saturated heterocycles. The Labute approximate surface area is 134 Å². The summed E-state index contributed by atoms with van der Waals surface area (Å²) in [7, 11) is 1.59. The zero-order valence-electron chi connectivity index (χ0n) is 13.0. The maximum Gasteiger partial charge on any atom is 0.257 e. The number of aliphatic hydroxyl groups excluding tert-OH is 1. The third kappa shape index (κ3) is 2.13. The van der Waals surface area contributed by atoms with Gasteiger partial charge in [0, 0.05) is 31.4 Å². The number of ether oxygens (including phenoxy) is 2. The number of methoxy groups -OCH3 is 1. The van der Waals surface area contributed by atoms with Gasteiger partial charge in [-0.3, -0.25) is 0 Å². The number of rotatable bonds is 3. The van der Waals surface area contributed by atoms with Crippen LogP contribution in [0.2, 0.25) is 0 Å². The highest BCUT2D eigenvalue weighted by molar-refractivity contribution is 5.53. The number of para-hydroxylation sites is 1. The van der Waals surface area contributed by atoms with Crippen molar-refractivity contribution in [2.75, 3.05) is 38.3 Å². The van der Waals surface area contributed by atoms with Gasteiger partial charge < -0.3 is 19.5 Å². The third-order valence-electron chi connectivity index (χ3n) is 4.91. The van der Waals surface area contributed by atoms with Crippen molar-refractivity contribution in [2.24, 2.45) is 5.41 Å². The van der Waals surface area contributed by atoms with Crippen molar-refractivity contribution < 1.29 is 14.6 Å². The summed E-state index contributed by atoms with van der Waals surface area (Å²) in [4.78, 5) is 10.8. The topological polar surface area (TPSA) is 67.7 Å². The second-order valence-corrected chi connectivity index (χ2v) is 6.17. The van der Waals surface area contributed by atoms with E-state index in [-0.39, 0.29) is 17.9 Å². The van der Waals surface area contributed by atoms with Crippen molar-refractivity contribution in [1.82, 2.24) is 9.97 Å². The third-order valence-corrected chi connectivity index (χ3v) is 4.91. The van der Waals surface area contributed by atoms with Crippen LogP contribution in [0.1, 0.15) is 11.5 Å². The summed E-state index contributed by atoms with van der Waals surface area (Å²) in [6.45, 7) is 2.00. The van der Waals surface area contributed by atoms with Crippen LogP contribution in [0, 0.1) is 5.41 Å². The Morgan fingerprint density at radius 2 is 2.17 bits per heavy atom. The first-order valence-electron chi connectivity index (χ1n) is 7.70. The Kier molecular flexibility index (Phi) is 3.34. The van der Waals surface area contributed by atoms with Gasteiger partial charge in [-0.05, 0) is 11.6 Å². The van der Waals surface area contributed by atoms with E-state index < -0.39 is 0 Å². The van der Waals surface area contributed by atoms with Gasteiger partial charge in [0.25, 0.3) is 5.88 Å². The highest BCUT2D eigenvalue weighted by Crippen LogP contribution is 2.50. The fourth-order valence-electron chi connectivity index (χ4n) is 3.71. The van der Waals surface area contributed by atoms with E-state index in [0.29, 0.717) is 19.0 Å². The summed E-state index contributed by atoms with van der Waals surface area (Å²) in [6, 6.07) is 8.06. The summed E-state index contributed by atoms with van der Waals surface area (Å²) >= 11 is 0. The fourth-order valence-corrected chi connectivity index (χ4v) is 3.71. The molecule has 4 rings (SSSR count). The fraction of sp³-hybridized carbons (Fsp3) is 0.412. The van der Waals surface area contributed by atoms with Crippen LogP contribution in [0.25, 0.3) is 0 Å². The molecule has 0 spiro atoms. The molecule has 0 unspecified atom stereocenters. The van der Waals surface area contributed by atoms with Gasteiger partial charge in [0.05, 0.1) is 25.7 Å². The second kappa shape index (κ2) is 5.38. The zero-order chi connectivity index (χ0) is 15.9. The first-order chi connectivity index (χ1) is 11.3. The molecule has 0 radical (unpaired) electrons. The molecular weight excluding hydrogens is 294 g/mol. The number of anilines is 1. The molecule has 2 aliphatic rings. The Hall–Kier alpha value is -2.34. The highest BCUT2D eigenvalue weighted by Gasteiger charge is 2.51. The highest BCUT2D eigenvalue weighted by atomic mass is 16.5. The number of aliphatic hydroxyl groups is 1. The van der Waals surface area contributed by atoms with Crippen molar-refractivity contribution in [3.8, 4) is 11.6 Å². The Morgan fingerprint density at radius 3 is 3.00 bits per heavy atom. The predicted octanol–water partition coefficient (Wildman–Crippen LogP) is 1.46. The predicted molar refractivity (Wildman–Crippen MR) is 85.0 cm³/mol. The summed E-state index contributed by atoms with van der Waals surface area (Å²) < 4.78 is 11.3. The molecular formula is C17H19N3O3. The molecule has 120 valence electrons. The van der Waals surface area contributed by atoms with E-state index in [4.69, 9.17) is 9.47 Å². The molecule has 2 aliphatic heterocycles. The van der Waals surface area contributed by atoms with Crippen molar-refractivity contribution in [1.29, 1.82) is 0 Å². The van der Waals surface area contributed by atoms with E-state index in [1.165, 1.54) is 0 Å². The molecule has 0 aliphatic carbocycles. The maximum atomic E-state index is 10.1. The van der Waals surface area contributed by atoms with Crippen LogP contribution >= 0.6 is 0 Å². The molecule has 0 bridgehead atoms. The smallest absolute Gasteiger partial charge is 0.257 e. The normalized spacial score (nSPS) is 25.5. The summed E-state index contributed by atoms with van der Waals surface area (Å²) in [5.74, 6) is 2.34. The lowest BCUT2D eigenvalue weighted by molar-refractivity contribution is 0.0535. The van der Waals surface area contributed by atoms with E-state index in [1.54, 1.807) is 19.5 Å². The van der Waals surface area contributed by atoms with Gasteiger partial charge in [-0.2, -0.15) is 0 Å². The summed E-state index contributed by atoms with van der Waals surface area (Å²) in [5.41, 5.74) is 0.829. The lowest BCUT2D eigenvalue weighted by Gasteiger charge is -2.37. The largest absolute Gasteiger partial charge is 0.493 e. The number of hydrogen-bond donors (Lipinski definition) is 1. The standard InChI is InChI=1S/C17H19N3O3/c1-22-16-15(18-6-7-19-16)20-8-13-12-4-2-3-5-14(12)23-11-17(13,9-20)10-21/h2-7,13,21H,8-11H2,1H3/t13-,17-/m1/s1. The van der Waals surface area contributed by atoms with E-state index >= 15 is 0 Å². The number of aromatic nitrogens is 2. The second-order valence-electron chi connectivity index (χ2n) is 6.17. The number of hydrogen-bond acceptors (Lipinski definition) is 6. The van der Waals surface area contributed by atoms with Gasteiger partial charge >= 0.3 is 0 Å². The van der Waals surface area contributed by atoms with Gasteiger partial charge in [0.1, 0.15) is 5.75 Å². The molecule has 0 amide bonds. The average molecular weight is 313 g/mol. The quantitative estimate of drug-likeness (QED) is 0.925. The van der Waals surface area contributed by atoms with Crippen molar-refractivity contribution in [2.45, 2.75) is 5.92 Å². The number of fused-ring (bicyclic) bond motifs is 3. The van der Waals surface area contributed by atoms with Gasteiger partial charge in [-0.1, -0.05) is 18.2 Å². The lowest BCUT2D eigenvalue weighted by Crippen LogP contribution is -2.42. The van der Waals surface area contributed by atoms with Gasteiger partial charge in [-0.15, -0.1) is 0 Å². The van der Waals surface area contributed by atoms with Crippen LogP contribution in [-0.4, -0.2) is 48.5 Å². The van der Waals surface area contributed by atoms with E-state index in [0.717, 1.165) is 23.7 Å². The number of benzene rings is 1. The minimum Gasteiger partial charge on any atom is -0.493 e. The molecule has 2 atom stereocenters. The Morgan fingerprint density at radius 1 is 1.35 bits per heavy atom. The van der Waals surface area contributed by atoms with Crippen LogP contribution in [0.4, 0.5) is 5.82 Å². The molecule has 3 heterocycles. The van der Waals surface area contributed by atoms with Crippen molar-refractivity contribution >= 4 is 5.82 Å². The van der Waals surface area contributed by atoms with Crippen LogP contribution in [0.3, 0.4) is 0 Å². The van der Waals surface area contributed by atoms with Crippen molar-refractivity contribution in [3.63, 3.8) is 0 Å². The summed E-state index contributed by atoms with van der Waals surface area (Å²) in [6.07, 6.45) is 3.28. The first-order valence-corrected chi connectivity index (χ1v) is 7.70. The Balaban J connectivity index is 1.74. The van der Waals surface area contributed by atoms with E-state index in [2.05, 4.69) is 20.9 Å². The van der Waals surface area contributed by atoms with Crippen molar-refractivity contribution in [3.05, 3.63) is 42.2 Å². The molecule has 6 nitrogen and oxygen atoms in total. The Bertz CT molecular complexity index is 724. The van der Waals surface area contributed by atoms with Crippen LogP contribution in [0.5, 0.6) is 11.6 Å². The number of nitrogens with zero attached hydrogens (tertiary/aromatic N) is 3. The molecule has 1 fully saturated rings. The molecule has 2 aromatic rings. The lowest BCUT2D eigenvalue weighted by atomic mass is 9.74. The molecule has 1 aromatic heterocycles.